The standard InChI is InChI=1S/C15H18O3S/c1-9-2-7-12(15(16)17)13(11-5-6-11)14(9)19(18)8-10-3-4-10/h2,7,10-11H,3-6,8H2,1H3,(H,16,17)/t19-/m1/s1. The lowest BCUT2D eigenvalue weighted by molar-refractivity contribution is 0.0695. The van der Waals surface area contributed by atoms with Gasteiger partial charge in [0.2, 0.25) is 0 Å². The summed E-state index contributed by atoms with van der Waals surface area (Å²) in [6, 6.07) is 3.47. The smallest absolute Gasteiger partial charge is 0.336 e. The van der Waals surface area contributed by atoms with Crippen LogP contribution in [-0.2, 0) is 10.8 Å². The van der Waals surface area contributed by atoms with E-state index in [2.05, 4.69) is 0 Å². The molecule has 1 aromatic carbocycles. The molecule has 3 rings (SSSR count). The highest BCUT2D eigenvalue weighted by atomic mass is 32.2. The number of carboxylic acid groups (broad SMARTS) is 1. The molecule has 2 saturated carbocycles. The molecule has 0 spiro atoms. The quantitative estimate of drug-likeness (QED) is 0.900. The molecule has 0 amide bonds. The number of carboxylic acids is 1. The fourth-order valence-electron chi connectivity index (χ4n) is 2.56. The van der Waals surface area contributed by atoms with Gasteiger partial charge in [-0.2, -0.15) is 0 Å². The van der Waals surface area contributed by atoms with E-state index >= 15 is 0 Å². The second-order valence-electron chi connectivity index (χ2n) is 5.71. The van der Waals surface area contributed by atoms with Crippen molar-refractivity contribution in [1.82, 2.24) is 0 Å². The van der Waals surface area contributed by atoms with Gasteiger partial charge >= 0.3 is 5.97 Å². The molecule has 2 aliphatic rings. The minimum atomic E-state index is -1.04. The molecule has 2 aliphatic carbocycles. The first-order chi connectivity index (χ1) is 9.08. The Labute approximate surface area is 115 Å². The minimum absolute atomic E-state index is 0.309. The van der Waals surface area contributed by atoms with Crippen molar-refractivity contribution in [3.05, 3.63) is 28.8 Å². The summed E-state index contributed by atoms with van der Waals surface area (Å²) in [5, 5.41) is 9.33. The third-order valence-corrected chi connectivity index (χ3v) is 5.69. The molecule has 102 valence electrons. The van der Waals surface area contributed by atoms with Gasteiger partial charge in [-0.15, -0.1) is 0 Å². The molecule has 1 aromatic rings. The Kier molecular flexibility index (Phi) is 3.21. The van der Waals surface area contributed by atoms with Gasteiger partial charge in [-0.25, -0.2) is 4.79 Å². The number of benzene rings is 1. The van der Waals surface area contributed by atoms with Crippen molar-refractivity contribution in [2.24, 2.45) is 5.92 Å². The molecule has 0 aliphatic heterocycles. The summed E-state index contributed by atoms with van der Waals surface area (Å²) in [5.74, 6) is 0.695. The van der Waals surface area contributed by atoms with Crippen molar-refractivity contribution in [2.75, 3.05) is 5.75 Å². The van der Waals surface area contributed by atoms with Crippen molar-refractivity contribution in [2.45, 2.75) is 43.4 Å². The maximum atomic E-state index is 12.6. The molecule has 0 aromatic heterocycles. The van der Waals surface area contributed by atoms with Crippen molar-refractivity contribution >= 4 is 16.8 Å². The zero-order valence-electron chi connectivity index (χ0n) is 11.0. The fraction of sp³-hybridized carbons (Fsp3) is 0.533. The largest absolute Gasteiger partial charge is 0.478 e. The van der Waals surface area contributed by atoms with E-state index in [1.54, 1.807) is 12.1 Å². The minimum Gasteiger partial charge on any atom is -0.478 e. The predicted octanol–water partition coefficient (Wildman–Crippen LogP) is 3.09. The average molecular weight is 278 g/mol. The first kappa shape index (κ1) is 12.9. The molecular weight excluding hydrogens is 260 g/mol. The van der Waals surface area contributed by atoms with E-state index in [0.717, 1.165) is 28.9 Å². The van der Waals surface area contributed by atoms with Gasteiger partial charge in [0.05, 0.1) is 16.4 Å². The van der Waals surface area contributed by atoms with Gasteiger partial charge in [-0.05, 0) is 61.6 Å². The lowest BCUT2D eigenvalue weighted by Gasteiger charge is -2.14. The Balaban J connectivity index is 2.06. The lowest BCUT2D eigenvalue weighted by atomic mass is 10.0. The van der Waals surface area contributed by atoms with E-state index in [-0.39, 0.29) is 0 Å². The van der Waals surface area contributed by atoms with Crippen molar-refractivity contribution in [3.8, 4) is 0 Å². The first-order valence-corrected chi connectivity index (χ1v) is 8.15. The van der Waals surface area contributed by atoms with Crippen LogP contribution in [0.3, 0.4) is 0 Å². The maximum absolute atomic E-state index is 12.6. The summed E-state index contributed by atoms with van der Waals surface area (Å²) >= 11 is 0. The van der Waals surface area contributed by atoms with E-state index in [1.807, 2.05) is 6.92 Å². The zero-order valence-corrected chi connectivity index (χ0v) is 11.8. The Hall–Kier alpha value is -1.16. The van der Waals surface area contributed by atoms with Crippen LogP contribution < -0.4 is 0 Å². The third-order valence-electron chi connectivity index (χ3n) is 3.92. The van der Waals surface area contributed by atoms with Crippen LogP contribution >= 0.6 is 0 Å². The van der Waals surface area contributed by atoms with Gasteiger partial charge in [0.25, 0.3) is 0 Å². The monoisotopic (exact) mass is 278 g/mol. The van der Waals surface area contributed by atoms with Crippen LogP contribution in [0.4, 0.5) is 0 Å². The number of hydrogen-bond acceptors (Lipinski definition) is 2. The Morgan fingerprint density at radius 1 is 1.32 bits per heavy atom. The zero-order chi connectivity index (χ0) is 13.6. The number of carbonyl (C=O) groups is 1. The van der Waals surface area contributed by atoms with Gasteiger partial charge in [-0.1, -0.05) is 6.07 Å². The molecule has 3 nitrogen and oxygen atoms in total. The molecular formula is C15H18O3S. The molecule has 0 saturated heterocycles. The highest BCUT2D eigenvalue weighted by Crippen LogP contribution is 2.45. The first-order valence-electron chi connectivity index (χ1n) is 6.83. The Bertz CT molecular complexity index is 557. The predicted molar refractivity (Wildman–Crippen MR) is 74.1 cm³/mol. The molecule has 2 fully saturated rings. The topological polar surface area (TPSA) is 54.4 Å². The summed E-state index contributed by atoms with van der Waals surface area (Å²) in [7, 11) is -1.04. The molecule has 4 heteroatoms. The van der Waals surface area contributed by atoms with Gasteiger partial charge in [0, 0.05) is 10.6 Å². The summed E-state index contributed by atoms with van der Waals surface area (Å²) in [6.07, 6.45) is 4.39. The van der Waals surface area contributed by atoms with Gasteiger partial charge in [0.15, 0.2) is 0 Å². The summed E-state index contributed by atoms with van der Waals surface area (Å²) in [6.45, 7) is 1.94. The van der Waals surface area contributed by atoms with Crippen LogP contribution in [0.15, 0.2) is 17.0 Å². The second-order valence-corrected chi connectivity index (χ2v) is 7.14. The van der Waals surface area contributed by atoms with E-state index in [0.29, 0.717) is 23.2 Å². The molecule has 1 atom stereocenters. The normalized spacial score (nSPS) is 20.3. The molecule has 0 radical (unpaired) electrons. The van der Waals surface area contributed by atoms with Crippen LogP contribution in [0.1, 0.15) is 53.1 Å². The van der Waals surface area contributed by atoms with Gasteiger partial charge in [-0.3, -0.25) is 4.21 Å². The Morgan fingerprint density at radius 2 is 2.00 bits per heavy atom. The number of rotatable bonds is 5. The number of hydrogen-bond donors (Lipinski definition) is 1. The van der Waals surface area contributed by atoms with Crippen LogP contribution in [0.25, 0.3) is 0 Å². The van der Waals surface area contributed by atoms with E-state index in [1.165, 1.54) is 12.8 Å². The number of aromatic carboxylic acids is 1. The lowest BCUT2D eigenvalue weighted by Crippen LogP contribution is -2.10. The average Bonchev–Trinajstić information content (AvgIpc) is 3.22. The highest BCUT2D eigenvalue weighted by Gasteiger charge is 2.34. The van der Waals surface area contributed by atoms with Crippen LogP contribution in [0.2, 0.25) is 0 Å². The van der Waals surface area contributed by atoms with Crippen molar-refractivity contribution in [3.63, 3.8) is 0 Å². The summed E-state index contributed by atoms with van der Waals surface area (Å²) in [5.41, 5.74) is 2.18. The molecule has 0 unspecified atom stereocenters. The third kappa shape index (κ3) is 2.59. The Morgan fingerprint density at radius 3 is 2.53 bits per heavy atom. The maximum Gasteiger partial charge on any atom is 0.336 e. The molecule has 0 heterocycles. The molecule has 1 N–H and O–H groups in total. The van der Waals surface area contributed by atoms with Gasteiger partial charge < -0.3 is 5.11 Å². The SMILES string of the molecule is Cc1ccc(C(=O)O)c(C2CC2)c1[S@](=O)CC1CC1. The van der Waals surface area contributed by atoms with Crippen LogP contribution in [0.5, 0.6) is 0 Å². The fourth-order valence-corrected chi connectivity index (χ4v) is 4.43. The highest BCUT2D eigenvalue weighted by molar-refractivity contribution is 7.85. The van der Waals surface area contributed by atoms with Crippen molar-refractivity contribution in [1.29, 1.82) is 0 Å². The molecule has 0 bridgehead atoms. The molecule has 19 heavy (non-hydrogen) atoms. The summed E-state index contributed by atoms with van der Waals surface area (Å²) in [4.78, 5) is 12.2. The van der Waals surface area contributed by atoms with Crippen LogP contribution in [-0.4, -0.2) is 21.0 Å². The second kappa shape index (κ2) is 4.75. The number of aryl methyl sites for hydroxylation is 1. The van der Waals surface area contributed by atoms with Gasteiger partial charge in [0.1, 0.15) is 0 Å². The summed E-state index contributed by atoms with van der Waals surface area (Å²) < 4.78 is 12.6. The van der Waals surface area contributed by atoms with Crippen molar-refractivity contribution < 1.29 is 14.1 Å². The van der Waals surface area contributed by atoms with E-state index < -0.39 is 16.8 Å². The van der Waals surface area contributed by atoms with E-state index in [4.69, 9.17) is 0 Å². The van der Waals surface area contributed by atoms with Crippen LogP contribution in [0, 0.1) is 12.8 Å². The van der Waals surface area contributed by atoms with E-state index in [9.17, 15) is 14.1 Å².